The van der Waals surface area contributed by atoms with Crippen molar-refractivity contribution in [2.75, 3.05) is 13.6 Å². The molecule has 0 aliphatic carbocycles. The molecule has 0 radical (unpaired) electrons. The standard InChI is InChI=1S/C15H15N3O2/c1-17(9-4-8-16)15(20)11-18-10-7-14(19)12-5-2-3-6-13(12)18/h2-3,5-7,10H,4,9,11H2,1H3. The summed E-state index contributed by atoms with van der Waals surface area (Å²) >= 11 is 0. The van der Waals surface area contributed by atoms with Gasteiger partial charge in [-0.1, -0.05) is 12.1 Å². The Hall–Kier alpha value is -2.61. The zero-order valence-corrected chi connectivity index (χ0v) is 11.2. The molecular weight excluding hydrogens is 254 g/mol. The van der Waals surface area contributed by atoms with Crippen LogP contribution in [0.25, 0.3) is 10.9 Å². The maximum Gasteiger partial charge on any atom is 0.242 e. The zero-order valence-electron chi connectivity index (χ0n) is 11.2. The predicted molar refractivity (Wildman–Crippen MR) is 76.1 cm³/mol. The van der Waals surface area contributed by atoms with E-state index in [0.29, 0.717) is 18.4 Å². The molecule has 20 heavy (non-hydrogen) atoms. The molecule has 0 N–H and O–H groups in total. The van der Waals surface area contributed by atoms with Crippen LogP contribution in [0.4, 0.5) is 0 Å². The second-order valence-corrected chi connectivity index (χ2v) is 4.55. The highest BCUT2D eigenvalue weighted by molar-refractivity contribution is 5.82. The first-order chi connectivity index (χ1) is 9.63. The third-order valence-corrected chi connectivity index (χ3v) is 3.18. The van der Waals surface area contributed by atoms with E-state index in [1.54, 1.807) is 29.9 Å². The van der Waals surface area contributed by atoms with Crippen LogP contribution in [0.2, 0.25) is 0 Å². The van der Waals surface area contributed by atoms with Gasteiger partial charge in [-0.25, -0.2) is 0 Å². The molecule has 0 atom stereocenters. The summed E-state index contributed by atoms with van der Waals surface area (Å²) in [5.74, 6) is -0.0888. The van der Waals surface area contributed by atoms with Crippen molar-refractivity contribution in [3.05, 3.63) is 46.8 Å². The van der Waals surface area contributed by atoms with Gasteiger partial charge in [0, 0.05) is 31.2 Å². The Labute approximate surface area is 116 Å². The Bertz CT molecular complexity index is 728. The first-order valence-electron chi connectivity index (χ1n) is 6.32. The lowest BCUT2D eigenvalue weighted by atomic mass is 10.2. The number of likely N-dealkylation sites (N-methyl/N-ethyl adjacent to an activating group) is 1. The molecule has 0 bridgehead atoms. The second-order valence-electron chi connectivity index (χ2n) is 4.55. The summed E-state index contributed by atoms with van der Waals surface area (Å²) in [6, 6.07) is 10.7. The van der Waals surface area contributed by atoms with Crippen LogP contribution in [0.5, 0.6) is 0 Å². The Morgan fingerprint density at radius 2 is 2.10 bits per heavy atom. The SMILES string of the molecule is CN(CCC#N)C(=O)Cn1ccc(=O)c2ccccc21. The van der Waals surface area contributed by atoms with E-state index in [-0.39, 0.29) is 17.9 Å². The molecule has 1 amide bonds. The Balaban J connectivity index is 2.27. The number of hydrogen-bond donors (Lipinski definition) is 0. The van der Waals surface area contributed by atoms with Crippen molar-refractivity contribution in [2.24, 2.45) is 0 Å². The first-order valence-corrected chi connectivity index (χ1v) is 6.32. The number of para-hydroxylation sites is 1. The summed E-state index contributed by atoms with van der Waals surface area (Å²) in [7, 11) is 1.67. The van der Waals surface area contributed by atoms with Gasteiger partial charge in [0.15, 0.2) is 5.43 Å². The van der Waals surface area contributed by atoms with E-state index in [1.165, 1.54) is 11.0 Å². The number of amides is 1. The molecule has 1 heterocycles. The summed E-state index contributed by atoms with van der Waals surface area (Å²) in [5, 5.41) is 9.13. The molecular formula is C15H15N3O2. The fourth-order valence-electron chi connectivity index (χ4n) is 2.01. The summed E-state index contributed by atoms with van der Waals surface area (Å²) < 4.78 is 1.75. The smallest absolute Gasteiger partial charge is 0.242 e. The van der Waals surface area contributed by atoms with Crippen LogP contribution in [-0.4, -0.2) is 29.0 Å². The molecule has 0 unspecified atom stereocenters. The number of nitrogens with zero attached hydrogens (tertiary/aromatic N) is 3. The number of nitriles is 1. The van der Waals surface area contributed by atoms with Crippen molar-refractivity contribution in [2.45, 2.75) is 13.0 Å². The molecule has 0 spiro atoms. The number of benzene rings is 1. The van der Waals surface area contributed by atoms with Crippen molar-refractivity contribution >= 4 is 16.8 Å². The third-order valence-electron chi connectivity index (χ3n) is 3.18. The van der Waals surface area contributed by atoms with Crippen LogP contribution in [0.15, 0.2) is 41.3 Å². The van der Waals surface area contributed by atoms with E-state index in [0.717, 1.165) is 5.52 Å². The highest BCUT2D eigenvalue weighted by Crippen LogP contribution is 2.09. The Kier molecular flexibility index (Phi) is 4.16. The monoisotopic (exact) mass is 269 g/mol. The number of carbonyl (C=O) groups is 1. The molecule has 102 valence electrons. The molecule has 0 saturated heterocycles. The second kappa shape index (κ2) is 6.02. The number of hydrogen-bond acceptors (Lipinski definition) is 3. The van der Waals surface area contributed by atoms with E-state index in [1.807, 2.05) is 18.2 Å². The third kappa shape index (κ3) is 2.86. The van der Waals surface area contributed by atoms with Crippen LogP contribution < -0.4 is 5.43 Å². The van der Waals surface area contributed by atoms with Gasteiger partial charge in [-0.3, -0.25) is 9.59 Å². The predicted octanol–water partition coefficient (Wildman–Crippen LogP) is 1.37. The minimum atomic E-state index is -0.0888. The summed E-state index contributed by atoms with van der Waals surface area (Å²) in [6.07, 6.45) is 1.94. The van der Waals surface area contributed by atoms with Gasteiger partial charge in [-0.15, -0.1) is 0 Å². The average molecular weight is 269 g/mol. The largest absolute Gasteiger partial charge is 0.343 e. The minimum Gasteiger partial charge on any atom is -0.343 e. The van der Waals surface area contributed by atoms with E-state index < -0.39 is 0 Å². The first kappa shape index (κ1) is 13.8. The van der Waals surface area contributed by atoms with Crippen LogP contribution in [0, 0.1) is 11.3 Å². The molecule has 1 aromatic heterocycles. The maximum atomic E-state index is 12.1. The molecule has 1 aromatic carbocycles. The molecule has 0 fully saturated rings. The zero-order chi connectivity index (χ0) is 14.5. The van der Waals surface area contributed by atoms with Crippen molar-refractivity contribution < 1.29 is 4.79 Å². The Morgan fingerprint density at radius 1 is 1.35 bits per heavy atom. The van der Waals surface area contributed by atoms with E-state index in [9.17, 15) is 9.59 Å². The molecule has 2 aromatic rings. The van der Waals surface area contributed by atoms with E-state index in [4.69, 9.17) is 5.26 Å². The number of carbonyl (C=O) groups excluding carboxylic acids is 1. The fourth-order valence-corrected chi connectivity index (χ4v) is 2.01. The Morgan fingerprint density at radius 3 is 2.85 bits per heavy atom. The lowest BCUT2D eigenvalue weighted by molar-refractivity contribution is -0.130. The van der Waals surface area contributed by atoms with Gasteiger partial charge < -0.3 is 9.47 Å². The summed E-state index contributed by atoms with van der Waals surface area (Å²) in [5.41, 5.74) is 0.684. The molecule has 0 saturated carbocycles. The van der Waals surface area contributed by atoms with Gasteiger partial charge >= 0.3 is 0 Å². The fraction of sp³-hybridized carbons (Fsp3) is 0.267. The van der Waals surface area contributed by atoms with Gasteiger partial charge in [0.25, 0.3) is 0 Å². The van der Waals surface area contributed by atoms with Crippen LogP contribution >= 0.6 is 0 Å². The molecule has 5 nitrogen and oxygen atoms in total. The van der Waals surface area contributed by atoms with E-state index in [2.05, 4.69) is 0 Å². The average Bonchev–Trinajstić information content (AvgIpc) is 2.47. The van der Waals surface area contributed by atoms with Crippen molar-refractivity contribution in [1.82, 2.24) is 9.47 Å². The molecule has 2 rings (SSSR count). The van der Waals surface area contributed by atoms with E-state index >= 15 is 0 Å². The van der Waals surface area contributed by atoms with Crippen molar-refractivity contribution in [3.63, 3.8) is 0 Å². The normalized spacial score (nSPS) is 10.2. The lowest BCUT2D eigenvalue weighted by Crippen LogP contribution is -2.31. The van der Waals surface area contributed by atoms with Crippen molar-refractivity contribution in [3.8, 4) is 6.07 Å². The minimum absolute atomic E-state index is 0.0536. The van der Waals surface area contributed by atoms with Gasteiger partial charge in [0.2, 0.25) is 5.91 Å². The van der Waals surface area contributed by atoms with Crippen LogP contribution in [0.3, 0.4) is 0 Å². The van der Waals surface area contributed by atoms with Crippen LogP contribution in [0.1, 0.15) is 6.42 Å². The number of rotatable bonds is 4. The van der Waals surface area contributed by atoms with Gasteiger partial charge in [-0.05, 0) is 12.1 Å². The number of aromatic nitrogens is 1. The lowest BCUT2D eigenvalue weighted by Gasteiger charge is -2.17. The number of pyridine rings is 1. The molecule has 0 aliphatic rings. The maximum absolute atomic E-state index is 12.1. The van der Waals surface area contributed by atoms with Gasteiger partial charge in [0.05, 0.1) is 18.0 Å². The summed E-state index contributed by atoms with van der Waals surface area (Å²) in [4.78, 5) is 25.3. The van der Waals surface area contributed by atoms with Gasteiger partial charge in [0.1, 0.15) is 6.54 Å². The molecule has 5 heteroatoms. The highest BCUT2D eigenvalue weighted by Gasteiger charge is 2.10. The highest BCUT2D eigenvalue weighted by atomic mass is 16.2. The van der Waals surface area contributed by atoms with Gasteiger partial charge in [-0.2, -0.15) is 5.26 Å². The summed E-state index contributed by atoms with van der Waals surface area (Å²) in [6.45, 7) is 0.566. The quantitative estimate of drug-likeness (QED) is 0.842. The van der Waals surface area contributed by atoms with Crippen LogP contribution in [-0.2, 0) is 11.3 Å². The molecule has 0 aliphatic heterocycles. The number of fused-ring (bicyclic) bond motifs is 1. The van der Waals surface area contributed by atoms with Crippen molar-refractivity contribution in [1.29, 1.82) is 5.26 Å². The topological polar surface area (TPSA) is 66.1 Å².